The van der Waals surface area contributed by atoms with Gasteiger partial charge in [-0.1, -0.05) is 18.2 Å². The molecule has 3 heteroatoms. The van der Waals surface area contributed by atoms with Crippen LogP contribution in [0.25, 0.3) is 0 Å². The molecule has 0 aromatic heterocycles. The second-order valence-corrected chi connectivity index (χ2v) is 4.80. The van der Waals surface area contributed by atoms with Crippen LogP contribution in [0.15, 0.2) is 18.2 Å². The molecule has 92 valence electrons. The van der Waals surface area contributed by atoms with Crippen molar-refractivity contribution in [3.05, 3.63) is 34.9 Å². The molecule has 1 aromatic carbocycles. The molecule has 1 aliphatic rings. The molecule has 1 aromatic rings. The summed E-state index contributed by atoms with van der Waals surface area (Å²) in [6.45, 7) is 5.28. The van der Waals surface area contributed by atoms with Crippen LogP contribution >= 0.6 is 0 Å². The monoisotopic (exact) mass is 233 g/mol. The molecule has 1 fully saturated rings. The van der Waals surface area contributed by atoms with Gasteiger partial charge in [-0.05, 0) is 37.0 Å². The lowest BCUT2D eigenvalue weighted by atomic mass is 10.0. The van der Waals surface area contributed by atoms with Gasteiger partial charge in [0.2, 0.25) is 5.91 Å². The van der Waals surface area contributed by atoms with E-state index in [4.69, 9.17) is 0 Å². The minimum absolute atomic E-state index is 0.160. The highest BCUT2D eigenvalue weighted by molar-refractivity contribution is 5.78. The SMILES string of the molecule is Cc1ccc(C(O)CN2CCCC2=O)cc1C. The van der Waals surface area contributed by atoms with Crippen LogP contribution in [-0.2, 0) is 4.79 Å². The molecule has 3 nitrogen and oxygen atoms in total. The first kappa shape index (κ1) is 12.1. The number of likely N-dealkylation sites (tertiary alicyclic amines) is 1. The van der Waals surface area contributed by atoms with E-state index in [1.54, 1.807) is 4.90 Å². The number of β-amino-alcohol motifs (C(OH)–C–C–N with tert-alkyl or cyclic N) is 1. The number of aryl methyl sites for hydroxylation is 2. The van der Waals surface area contributed by atoms with Gasteiger partial charge in [-0.3, -0.25) is 4.79 Å². The van der Waals surface area contributed by atoms with Crippen LogP contribution in [0.3, 0.4) is 0 Å². The summed E-state index contributed by atoms with van der Waals surface area (Å²) in [5, 5.41) is 10.1. The molecular formula is C14H19NO2. The lowest BCUT2D eigenvalue weighted by Gasteiger charge is -2.20. The first-order chi connectivity index (χ1) is 8.08. The number of aliphatic hydroxyl groups is 1. The standard InChI is InChI=1S/C14H19NO2/c1-10-5-6-12(8-11(10)2)13(16)9-15-7-3-4-14(15)17/h5-6,8,13,16H,3-4,7,9H2,1-2H3. The van der Waals surface area contributed by atoms with Gasteiger partial charge in [-0.2, -0.15) is 0 Å². The van der Waals surface area contributed by atoms with E-state index in [1.165, 1.54) is 11.1 Å². The van der Waals surface area contributed by atoms with Gasteiger partial charge in [-0.25, -0.2) is 0 Å². The number of hydrogen-bond acceptors (Lipinski definition) is 2. The lowest BCUT2D eigenvalue weighted by Crippen LogP contribution is -2.29. The van der Waals surface area contributed by atoms with Gasteiger partial charge in [0.05, 0.1) is 12.6 Å². The highest BCUT2D eigenvalue weighted by atomic mass is 16.3. The Morgan fingerprint density at radius 2 is 2.12 bits per heavy atom. The fraction of sp³-hybridized carbons (Fsp3) is 0.500. The quantitative estimate of drug-likeness (QED) is 0.867. The molecule has 1 saturated heterocycles. The van der Waals surface area contributed by atoms with Crippen molar-refractivity contribution in [2.24, 2.45) is 0 Å². The van der Waals surface area contributed by atoms with E-state index in [0.29, 0.717) is 13.0 Å². The van der Waals surface area contributed by atoms with E-state index in [0.717, 1.165) is 18.5 Å². The number of amides is 1. The van der Waals surface area contributed by atoms with Gasteiger partial charge in [-0.15, -0.1) is 0 Å². The van der Waals surface area contributed by atoms with Crippen molar-refractivity contribution in [2.45, 2.75) is 32.8 Å². The first-order valence-electron chi connectivity index (χ1n) is 6.11. The minimum atomic E-state index is -0.573. The highest BCUT2D eigenvalue weighted by Crippen LogP contribution is 2.20. The molecule has 0 spiro atoms. The van der Waals surface area contributed by atoms with Crippen molar-refractivity contribution < 1.29 is 9.90 Å². The van der Waals surface area contributed by atoms with E-state index < -0.39 is 6.10 Å². The Morgan fingerprint density at radius 3 is 2.71 bits per heavy atom. The third kappa shape index (κ3) is 2.67. The molecule has 1 atom stereocenters. The van der Waals surface area contributed by atoms with Gasteiger partial charge in [0.25, 0.3) is 0 Å². The topological polar surface area (TPSA) is 40.5 Å². The van der Waals surface area contributed by atoms with Gasteiger partial charge in [0, 0.05) is 13.0 Å². The van der Waals surface area contributed by atoms with E-state index in [-0.39, 0.29) is 5.91 Å². The second kappa shape index (κ2) is 4.88. The number of nitrogens with zero attached hydrogens (tertiary/aromatic N) is 1. The summed E-state index contributed by atoms with van der Waals surface area (Å²) in [5.74, 6) is 0.160. The van der Waals surface area contributed by atoms with Crippen LogP contribution in [0.4, 0.5) is 0 Å². The summed E-state index contributed by atoms with van der Waals surface area (Å²) in [5.41, 5.74) is 3.29. The number of rotatable bonds is 3. The van der Waals surface area contributed by atoms with Crippen molar-refractivity contribution in [1.82, 2.24) is 4.90 Å². The smallest absolute Gasteiger partial charge is 0.222 e. The first-order valence-corrected chi connectivity index (χ1v) is 6.11. The highest BCUT2D eigenvalue weighted by Gasteiger charge is 2.23. The van der Waals surface area contributed by atoms with E-state index in [1.807, 2.05) is 25.1 Å². The maximum atomic E-state index is 11.5. The average molecular weight is 233 g/mol. The Kier molecular flexibility index (Phi) is 3.48. The van der Waals surface area contributed by atoms with Crippen LogP contribution in [0, 0.1) is 13.8 Å². The molecule has 1 unspecified atom stereocenters. The number of benzene rings is 1. The zero-order valence-corrected chi connectivity index (χ0v) is 10.4. The second-order valence-electron chi connectivity index (χ2n) is 4.80. The third-order valence-corrected chi connectivity index (χ3v) is 3.48. The Balaban J connectivity index is 2.06. The predicted molar refractivity (Wildman–Crippen MR) is 66.7 cm³/mol. The normalized spacial score (nSPS) is 17.6. The molecule has 0 aliphatic carbocycles. The van der Waals surface area contributed by atoms with E-state index >= 15 is 0 Å². The zero-order chi connectivity index (χ0) is 12.4. The Morgan fingerprint density at radius 1 is 1.35 bits per heavy atom. The summed E-state index contributed by atoms with van der Waals surface area (Å²) in [6.07, 6.45) is 0.967. The van der Waals surface area contributed by atoms with Crippen molar-refractivity contribution in [3.63, 3.8) is 0 Å². The van der Waals surface area contributed by atoms with Crippen LogP contribution in [-0.4, -0.2) is 29.0 Å². The molecule has 1 heterocycles. The van der Waals surface area contributed by atoms with Gasteiger partial charge >= 0.3 is 0 Å². The van der Waals surface area contributed by atoms with E-state index in [9.17, 15) is 9.90 Å². The zero-order valence-electron chi connectivity index (χ0n) is 10.4. The largest absolute Gasteiger partial charge is 0.387 e. The fourth-order valence-corrected chi connectivity index (χ4v) is 2.18. The van der Waals surface area contributed by atoms with Gasteiger partial charge < -0.3 is 10.0 Å². The summed E-state index contributed by atoms with van der Waals surface area (Å²) in [6, 6.07) is 5.95. The van der Waals surface area contributed by atoms with Crippen LogP contribution in [0.2, 0.25) is 0 Å². The van der Waals surface area contributed by atoms with E-state index in [2.05, 4.69) is 6.92 Å². The molecule has 0 bridgehead atoms. The Hall–Kier alpha value is -1.35. The van der Waals surface area contributed by atoms with Crippen LogP contribution in [0.1, 0.15) is 35.6 Å². The maximum absolute atomic E-state index is 11.5. The molecular weight excluding hydrogens is 214 g/mol. The molecule has 17 heavy (non-hydrogen) atoms. The molecule has 2 rings (SSSR count). The Labute approximate surface area is 102 Å². The number of hydrogen-bond donors (Lipinski definition) is 1. The van der Waals surface area contributed by atoms with Crippen molar-refractivity contribution in [2.75, 3.05) is 13.1 Å². The average Bonchev–Trinajstić information content (AvgIpc) is 2.68. The van der Waals surface area contributed by atoms with Crippen LogP contribution < -0.4 is 0 Å². The van der Waals surface area contributed by atoms with Crippen molar-refractivity contribution in [1.29, 1.82) is 0 Å². The summed E-state index contributed by atoms with van der Waals surface area (Å²) in [4.78, 5) is 13.2. The predicted octanol–water partition coefficient (Wildman–Crippen LogP) is 1.96. The molecule has 0 radical (unpaired) electrons. The Bertz CT molecular complexity index is 428. The number of aliphatic hydroxyl groups excluding tert-OH is 1. The minimum Gasteiger partial charge on any atom is -0.387 e. The summed E-state index contributed by atoms with van der Waals surface area (Å²) in [7, 11) is 0. The van der Waals surface area contributed by atoms with Crippen molar-refractivity contribution in [3.8, 4) is 0 Å². The van der Waals surface area contributed by atoms with Crippen LogP contribution in [0.5, 0.6) is 0 Å². The van der Waals surface area contributed by atoms with Crippen molar-refractivity contribution >= 4 is 5.91 Å². The lowest BCUT2D eigenvalue weighted by molar-refractivity contribution is -0.128. The van der Waals surface area contributed by atoms with Gasteiger partial charge in [0.15, 0.2) is 0 Å². The summed E-state index contributed by atoms with van der Waals surface area (Å²) < 4.78 is 0. The number of carbonyl (C=O) groups is 1. The molecule has 1 aliphatic heterocycles. The third-order valence-electron chi connectivity index (χ3n) is 3.48. The maximum Gasteiger partial charge on any atom is 0.222 e. The van der Waals surface area contributed by atoms with Gasteiger partial charge in [0.1, 0.15) is 0 Å². The summed E-state index contributed by atoms with van der Waals surface area (Å²) >= 11 is 0. The molecule has 1 N–H and O–H groups in total. The fourth-order valence-electron chi connectivity index (χ4n) is 2.18. The molecule has 0 saturated carbocycles. The number of carbonyl (C=O) groups excluding carboxylic acids is 1. The molecule has 1 amide bonds.